The van der Waals surface area contributed by atoms with E-state index in [4.69, 9.17) is 0 Å². The smallest absolute Gasteiger partial charge is 0.255 e. The molecule has 0 saturated carbocycles. The van der Waals surface area contributed by atoms with E-state index in [2.05, 4.69) is 42.6 Å². The summed E-state index contributed by atoms with van der Waals surface area (Å²) in [5.74, 6) is 0.519. The van der Waals surface area contributed by atoms with Crippen molar-refractivity contribution in [3.8, 4) is 0 Å². The van der Waals surface area contributed by atoms with Gasteiger partial charge in [-0.05, 0) is 90.8 Å². The maximum absolute atomic E-state index is 12.8. The zero-order chi connectivity index (χ0) is 24.2. The molecule has 35 heavy (non-hydrogen) atoms. The monoisotopic (exact) mass is 484 g/mol. The van der Waals surface area contributed by atoms with E-state index < -0.39 is 0 Å². The Morgan fingerprint density at radius 2 is 1.74 bits per heavy atom. The van der Waals surface area contributed by atoms with Crippen LogP contribution in [0.15, 0.2) is 66.7 Å². The van der Waals surface area contributed by atoms with Crippen LogP contribution in [0.3, 0.4) is 0 Å². The lowest BCUT2D eigenvalue weighted by molar-refractivity contribution is -0.115. The number of thioether (sulfide) groups is 1. The maximum Gasteiger partial charge on any atom is 0.255 e. The molecule has 5 rings (SSSR count). The number of rotatable bonds is 8. The third-order valence-electron chi connectivity index (χ3n) is 6.97. The summed E-state index contributed by atoms with van der Waals surface area (Å²) in [6.45, 7) is 2.20. The predicted octanol–water partition coefficient (Wildman–Crippen LogP) is 6.94. The highest BCUT2D eigenvalue weighted by atomic mass is 32.2. The van der Waals surface area contributed by atoms with Crippen molar-refractivity contribution in [3.63, 3.8) is 0 Å². The molecule has 180 valence electrons. The van der Waals surface area contributed by atoms with Crippen LogP contribution in [0.25, 0.3) is 0 Å². The lowest BCUT2D eigenvalue weighted by Crippen LogP contribution is -2.27. The number of benzene rings is 3. The summed E-state index contributed by atoms with van der Waals surface area (Å²) >= 11 is 1.65. The molecule has 1 heterocycles. The molecule has 0 spiro atoms. The van der Waals surface area contributed by atoms with Crippen LogP contribution < -0.4 is 10.2 Å². The van der Waals surface area contributed by atoms with Crippen molar-refractivity contribution >= 4 is 35.0 Å². The lowest BCUT2D eigenvalue weighted by atomic mass is 10.0. The topological polar surface area (TPSA) is 49.4 Å². The van der Waals surface area contributed by atoms with Crippen LogP contribution in [0.2, 0.25) is 0 Å². The van der Waals surface area contributed by atoms with Gasteiger partial charge < -0.3 is 5.32 Å². The van der Waals surface area contributed by atoms with Gasteiger partial charge in [0, 0.05) is 16.9 Å². The summed E-state index contributed by atoms with van der Waals surface area (Å²) in [6.07, 6.45) is 8.11. The van der Waals surface area contributed by atoms with Gasteiger partial charge in [-0.25, -0.2) is 0 Å². The van der Waals surface area contributed by atoms with Gasteiger partial charge in [-0.2, -0.15) is 0 Å². The summed E-state index contributed by atoms with van der Waals surface area (Å²) in [6, 6.07) is 22.3. The summed E-state index contributed by atoms with van der Waals surface area (Å²) in [7, 11) is 0. The number of carbonyl (C=O) groups is 2. The molecule has 1 aliphatic heterocycles. The molecule has 0 aromatic heterocycles. The third-order valence-corrected chi connectivity index (χ3v) is 8.18. The molecular formula is C30H32N2O2S. The van der Waals surface area contributed by atoms with Gasteiger partial charge in [0.2, 0.25) is 5.91 Å². The van der Waals surface area contributed by atoms with Crippen molar-refractivity contribution in [1.82, 2.24) is 0 Å². The Kier molecular flexibility index (Phi) is 7.24. The Balaban J connectivity index is 1.25. The highest BCUT2D eigenvalue weighted by molar-refractivity contribution is 8.00. The Bertz CT molecular complexity index is 1200. The van der Waals surface area contributed by atoms with Gasteiger partial charge in [-0.15, -0.1) is 11.8 Å². The number of fused-ring (bicyclic) bond motifs is 1. The fourth-order valence-electron chi connectivity index (χ4n) is 4.99. The van der Waals surface area contributed by atoms with Gasteiger partial charge in [0.15, 0.2) is 0 Å². The second kappa shape index (κ2) is 10.7. The molecule has 1 fully saturated rings. The zero-order valence-electron chi connectivity index (χ0n) is 20.3. The minimum Gasteiger partial charge on any atom is -0.322 e. The first-order valence-electron chi connectivity index (χ1n) is 12.7. The quantitative estimate of drug-likeness (QED) is 0.352. The van der Waals surface area contributed by atoms with Crippen molar-refractivity contribution < 1.29 is 9.59 Å². The van der Waals surface area contributed by atoms with Gasteiger partial charge in [-0.1, -0.05) is 50.1 Å². The van der Waals surface area contributed by atoms with E-state index in [0.717, 1.165) is 36.2 Å². The van der Waals surface area contributed by atoms with E-state index in [1.807, 2.05) is 41.3 Å². The van der Waals surface area contributed by atoms with Crippen molar-refractivity contribution in [2.75, 3.05) is 16.0 Å². The van der Waals surface area contributed by atoms with Crippen molar-refractivity contribution in [3.05, 3.63) is 94.5 Å². The number of carbonyl (C=O) groups excluding carboxylic acids is 2. The fraction of sp³-hybridized carbons (Fsp3) is 0.333. The second-order valence-electron chi connectivity index (χ2n) is 9.46. The van der Waals surface area contributed by atoms with Gasteiger partial charge in [0.1, 0.15) is 5.37 Å². The van der Waals surface area contributed by atoms with Gasteiger partial charge in [0.25, 0.3) is 5.91 Å². The molecule has 0 radical (unpaired) electrons. The van der Waals surface area contributed by atoms with Crippen LogP contribution in [0.5, 0.6) is 0 Å². The van der Waals surface area contributed by atoms with E-state index in [9.17, 15) is 9.59 Å². The van der Waals surface area contributed by atoms with Crippen LogP contribution in [0, 0.1) is 0 Å². The molecule has 2 aliphatic rings. The third kappa shape index (κ3) is 5.30. The molecule has 1 N–H and O–H groups in total. The number of hydrogen-bond donors (Lipinski definition) is 1. The summed E-state index contributed by atoms with van der Waals surface area (Å²) in [4.78, 5) is 27.4. The first-order valence-corrected chi connectivity index (χ1v) is 13.7. The zero-order valence-corrected chi connectivity index (χ0v) is 21.1. The normalized spacial score (nSPS) is 17.0. The van der Waals surface area contributed by atoms with E-state index in [1.165, 1.54) is 42.4 Å². The van der Waals surface area contributed by atoms with E-state index >= 15 is 0 Å². The van der Waals surface area contributed by atoms with Gasteiger partial charge >= 0.3 is 0 Å². The molecule has 0 bridgehead atoms. The first-order chi connectivity index (χ1) is 17.1. The number of anilines is 2. The fourth-order valence-corrected chi connectivity index (χ4v) is 6.17. The van der Waals surface area contributed by atoms with Gasteiger partial charge in [-0.3, -0.25) is 14.5 Å². The van der Waals surface area contributed by atoms with Crippen LogP contribution in [-0.2, 0) is 24.1 Å². The molecule has 1 saturated heterocycles. The predicted molar refractivity (Wildman–Crippen MR) is 145 cm³/mol. The average Bonchev–Trinajstić information content (AvgIpc) is 3.51. The van der Waals surface area contributed by atoms with Crippen LogP contribution in [0.1, 0.15) is 70.6 Å². The molecule has 5 heteroatoms. The maximum atomic E-state index is 12.8. The minimum absolute atomic E-state index is 0.0491. The molecule has 1 atom stereocenters. The highest BCUT2D eigenvalue weighted by Crippen LogP contribution is 2.43. The van der Waals surface area contributed by atoms with E-state index in [1.54, 1.807) is 11.8 Å². The molecule has 0 unspecified atom stereocenters. The number of unbranched alkanes of at least 4 members (excludes halogenated alkanes) is 2. The molecule has 2 amide bonds. The standard InChI is InChI=1S/C30H32N2O2S/c1-2-3-4-6-21-9-11-23(12-10-21)29(34)31-26-16-13-24(14-17-26)30-32(28(33)20-35-30)27-18-15-22-7-5-8-25(22)19-27/h9-19,30H,2-8,20H2,1H3,(H,31,34)/t30-/m0/s1. The average molecular weight is 485 g/mol. The number of amides is 2. The largest absolute Gasteiger partial charge is 0.322 e. The Labute approximate surface area is 212 Å². The molecule has 4 nitrogen and oxygen atoms in total. The molecule has 3 aromatic carbocycles. The Hall–Kier alpha value is -3.05. The second-order valence-corrected chi connectivity index (χ2v) is 10.5. The van der Waals surface area contributed by atoms with Crippen LogP contribution in [0.4, 0.5) is 11.4 Å². The Morgan fingerprint density at radius 3 is 2.51 bits per heavy atom. The number of nitrogens with zero attached hydrogens (tertiary/aromatic N) is 1. The lowest BCUT2D eigenvalue weighted by Gasteiger charge is -2.25. The number of hydrogen-bond acceptors (Lipinski definition) is 3. The van der Waals surface area contributed by atoms with Crippen molar-refractivity contribution in [2.45, 2.75) is 57.2 Å². The van der Waals surface area contributed by atoms with E-state index in [-0.39, 0.29) is 17.2 Å². The number of aryl methyl sites for hydroxylation is 3. The molecule has 3 aromatic rings. The van der Waals surface area contributed by atoms with Crippen molar-refractivity contribution in [1.29, 1.82) is 0 Å². The molecule has 1 aliphatic carbocycles. The SMILES string of the molecule is CCCCCc1ccc(C(=O)Nc2ccc([C@@H]3SCC(=O)N3c3ccc4c(c3)CCC4)cc2)cc1. The minimum atomic E-state index is -0.108. The molecular weight excluding hydrogens is 452 g/mol. The van der Waals surface area contributed by atoms with Crippen LogP contribution in [-0.4, -0.2) is 17.6 Å². The van der Waals surface area contributed by atoms with Crippen molar-refractivity contribution in [2.24, 2.45) is 0 Å². The van der Waals surface area contributed by atoms with E-state index in [0.29, 0.717) is 11.3 Å². The summed E-state index contributed by atoms with van der Waals surface area (Å²) in [5.41, 5.74) is 7.53. The highest BCUT2D eigenvalue weighted by Gasteiger charge is 2.34. The summed E-state index contributed by atoms with van der Waals surface area (Å²) < 4.78 is 0. The van der Waals surface area contributed by atoms with Gasteiger partial charge in [0.05, 0.1) is 5.75 Å². The number of nitrogens with one attached hydrogen (secondary N) is 1. The Morgan fingerprint density at radius 1 is 0.971 bits per heavy atom. The summed E-state index contributed by atoms with van der Waals surface area (Å²) in [5, 5.41) is 2.95. The van der Waals surface area contributed by atoms with Crippen LogP contribution >= 0.6 is 11.8 Å². The first kappa shape index (κ1) is 23.7.